The molecule has 0 heterocycles. The molecule has 0 unspecified atom stereocenters. The third-order valence-electron chi connectivity index (χ3n) is 6.59. The predicted octanol–water partition coefficient (Wildman–Crippen LogP) is 5.50. The monoisotopic (exact) mass is 601 g/mol. The second-order valence-electron chi connectivity index (χ2n) is 10.4. The summed E-state index contributed by atoms with van der Waals surface area (Å²) in [5.74, 6) is -1.21. The van der Waals surface area contributed by atoms with Gasteiger partial charge in [0.05, 0.1) is 11.9 Å². The Labute approximate surface area is 247 Å². The Hall–Kier alpha value is -3.43. The van der Waals surface area contributed by atoms with E-state index in [9.17, 15) is 22.4 Å². The zero-order valence-corrected chi connectivity index (χ0v) is 25.4. The highest BCUT2D eigenvalue weighted by Gasteiger charge is 2.31. The standard InChI is InChI=1S/C31H37ClFN3O4S/c1-22(2)34-31(38)29(19-24-11-6-5-7-12-24)35(21-25-13-8-9-14-27(25)33)30(37)15-10-18-36(41(4,39)40)28-20-26(32)17-16-23(28)3/h5-9,11-14,16-17,20,22,29H,10,15,18-19,21H2,1-4H3,(H,34,38)/t29-/m0/s1. The summed E-state index contributed by atoms with van der Waals surface area (Å²) in [6.45, 7) is 5.36. The van der Waals surface area contributed by atoms with Crippen LogP contribution in [0.1, 0.15) is 43.4 Å². The average molecular weight is 602 g/mol. The summed E-state index contributed by atoms with van der Waals surface area (Å²) < 4.78 is 41.3. The van der Waals surface area contributed by atoms with Crippen LogP contribution in [0.5, 0.6) is 0 Å². The van der Waals surface area contributed by atoms with Crippen molar-refractivity contribution in [3.63, 3.8) is 0 Å². The van der Waals surface area contributed by atoms with Crippen LogP contribution in [-0.2, 0) is 32.6 Å². The van der Waals surface area contributed by atoms with Crippen molar-refractivity contribution in [3.05, 3.63) is 100 Å². The van der Waals surface area contributed by atoms with E-state index in [2.05, 4.69) is 5.32 Å². The quantitative estimate of drug-likeness (QED) is 0.280. The highest BCUT2D eigenvalue weighted by molar-refractivity contribution is 7.92. The van der Waals surface area contributed by atoms with Crippen LogP contribution < -0.4 is 9.62 Å². The molecular formula is C31H37ClFN3O4S. The molecule has 3 aromatic carbocycles. The number of carbonyl (C=O) groups is 2. The smallest absolute Gasteiger partial charge is 0.243 e. The van der Waals surface area contributed by atoms with Crippen molar-refractivity contribution < 1.29 is 22.4 Å². The molecule has 0 aliphatic carbocycles. The topological polar surface area (TPSA) is 86.8 Å². The number of nitrogens with one attached hydrogen (secondary N) is 1. The molecule has 3 rings (SSSR count). The maximum Gasteiger partial charge on any atom is 0.243 e. The number of anilines is 1. The van der Waals surface area contributed by atoms with E-state index in [4.69, 9.17) is 11.6 Å². The summed E-state index contributed by atoms with van der Waals surface area (Å²) in [6, 6.07) is 19.4. The number of benzene rings is 3. The summed E-state index contributed by atoms with van der Waals surface area (Å²) in [5, 5.41) is 3.29. The lowest BCUT2D eigenvalue weighted by Crippen LogP contribution is -2.52. The van der Waals surface area contributed by atoms with Gasteiger partial charge >= 0.3 is 0 Å². The van der Waals surface area contributed by atoms with Gasteiger partial charge in [0.2, 0.25) is 21.8 Å². The van der Waals surface area contributed by atoms with Crippen molar-refractivity contribution in [1.29, 1.82) is 0 Å². The Morgan fingerprint density at radius 3 is 2.29 bits per heavy atom. The Morgan fingerprint density at radius 1 is 1.00 bits per heavy atom. The lowest BCUT2D eigenvalue weighted by atomic mass is 10.0. The van der Waals surface area contributed by atoms with Gasteiger partial charge in [-0.3, -0.25) is 13.9 Å². The van der Waals surface area contributed by atoms with E-state index in [1.54, 1.807) is 43.3 Å². The van der Waals surface area contributed by atoms with E-state index in [1.807, 2.05) is 44.2 Å². The fraction of sp³-hybridized carbons (Fsp3) is 0.355. The highest BCUT2D eigenvalue weighted by atomic mass is 35.5. The van der Waals surface area contributed by atoms with E-state index in [1.165, 1.54) is 15.3 Å². The largest absolute Gasteiger partial charge is 0.352 e. The van der Waals surface area contributed by atoms with Gasteiger partial charge in [0.1, 0.15) is 11.9 Å². The molecule has 1 atom stereocenters. The van der Waals surface area contributed by atoms with Crippen LogP contribution in [-0.4, -0.2) is 50.0 Å². The van der Waals surface area contributed by atoms with Crippen LogP contribution in [0.4, 0.5) is 10.1 Å². The van der Waals surface area contributed by atoms with Crippen molar-refractivity contribution in [1.82, 2.24) is 10.2 Å². The third-order valence-corrected chi connectivity index (χ3v) is 8.01. The van der Waals surface area contributed by atoms with Gasteiger partial charge in [0.25, 0.3) is 0 Å². The summed E-state index contributed by atoms with van der Waals surface area (Å²) in [7, 11) is -3.68. The third kappa shape index (κ3) is 9.30. The second kappa shape index (κ2) is 14.5. The Balaban J connectivity index is 1.91. The number of amides is 2. The van der Waals surface area contributed by atoms with Gasteiger partial charge in [-0.1, -0.05) is 66.2 Å². The molecule has 41 heavy (non-hydrogen) atoms. The minimum absolute atomic E-state index is 0.0286. The van der Waals surface area contributed by atoms with Crippen LogP contribution in [0.2, 0.25) is 5.02 Å². The lowest BCUT2D eigenvalue weighted by Gasteiger charge is -2.32. The molecule has 0 fully saturated rings. The van der Waals surface area contributed by atoms with Crippen LogP contribution >= 0.6 is 11.6 Å². The number of carbonyl (C=O) groups excluding carboxylic acids is 2. The van der Waals surface area contributed by atoms with E-state index in [0.717, 1.165) is 17.4 Å². The minimum atomic E-state index is -3.68. The summed E-state index contributed by atoms with van der Waals surface area (Å²) in [4.78, 5) is 28.7. The van der Waals surface area contributed by atoms with Crippen molar-refractivity contribution in [2.24, 2.45) is 0 Å². The van der Waals surface area contributed by atoms with E-state index >= 15 is 0 Å². The van der Waals surface area contributed by atoms with Crippen molar-refractivity contribution in [2.45, 2.75) is 58.7 Å². The molecular weight excluding hydrogens is 565 g/mol. The van der Waals surface area contributed by atoms with E-state index in [0.29, 0.717) is 10.7 Å². The molecule has 0 radical (unpaired) electrons. The number of sulfonamides is 1. The van der Waals surface area contributed by atoms with Crippen LogP contribution in [0.3, 0.4) is 0 Å². The Morgan fingerprint density at radius 2 is 1.66 bits per heavy atom. The summed E-state index contributed by atoms with van der Waals surface area (Å²) in [5.41, 5.74) is 2.29. The number of aryl methyl sites for hydroxylation is 1. The molecule has 0 aromatic heterocycles. The molecule has 1 N–H and O–H groups in total. The first kappa shape index (κ1) is 32.1. The number of nitrogens with zero attached hydrogens (tertiary/aromatic N) is 2. The molecule has 0 saturated carbocycles. The zero-order chi connectivity index (χ0) is 30.2. The second-order valence-corrected chi connectivity index (χ2v) is 12.7. The minimum Gasteiger partial charge on any atom is -0.352 e. The van der Waals surface area contributed by atoms with Crippen LogP contribution in [0.15, 0.2) is 72.8 Å². The highest BCUT2D eigenvalue weighted by Crippen LogP contribution is 2.27. The molecule has 0 aliphatic heterocycles. The maximum atomic E-state index is 14.7. The molecule has 0 bridgehead atoms. The lowest BCUT2D eigenvalue weighted by molar-refractivity contribution is -0.141. The molecule has 3 aromatic rings. The Bertz CT molecular complexity index is 1450. The maximum absolute atomic E-state index is 14.7. The fourth-order valence-corrected chi connectivity index (χ4v) is 5.76. The fourth-order valence-electron chi connectivity index (χ4n) is 4.58. The van der Waals surface area contributed by atoms with Gasteiger partial charge in [-0.25, -0.2) is 12.8 Å². The van der Waals surface area contributed by atoms with Crippen LogP contribution in [0, 0.1) is 12.7 Å². The van der Waals surface area contributed by atoms with Crippen molar-refractivity contribution >= 4 is 39.1 Å². The van der Waals surface area contributed by atoms with Crippen molar-refractivity contribution in [3.8, 4) is 0 Å². The van der Waals surface area contributed by atoms with E-state index < -0.39 is 21.9 Å². The number of rotatable bonds is 13. The molecule has 2 amide bonds. The SMILES string of the molecule is Cc1ccc(Cl)cc1N(CCCC(=O)N(Cc1ccccc1F)[C@@H](Cc1ccccc1)C(=O)NC(C)C)S(C)(=O)=O. The molecule has 0 aliphatic rings. The average Bonchev–Trinajstić information content (AvgIpc) is 2.90. The van der Waals surface area contributed by atoms with Crippen molar-refractivity contribution in [2.75, 3.05) is 17.1 Å². The van der Waals surface area contributed by atoms with Gasteiger partial charge in [-0.2, -0.15) is 0 Å². The number of hydrogen-bond acceptors (Lipinski definition) is 4. The van der Waals surface area contributed by atoms with Gasteiger partial charge in [-0.05, 0) is 56.5 Å². The van der Waals surface area contributed by atoms with Crippen LogP contribution in [0.25, 0.3) is 0 Å². The predicted molar refractivity (Wildman–Crippen MR) is 162 cm³/mol. The summed E-state index contributed by atoms with van der Waals surface area (Å²) in [6.07, 6.45) is 1.46. The molecule has 7 nitrogen and oxygen atoms in total. The van der Waals surface area contributed by atoms with Gasteiger partial charge < -0.3 is 10.2 Å². The van der Waals surface area contributed by atoms with Gasteiger partial charge in [-0.15, -0.1) is 0 Å². The molecule has 10 heteroatoms. The van der Waals surface area contributed by atoms with Gasteiger partial charge in [0, 0.05) is 42.6 Å². The summed E-state index contributed by atoms with van der Waals surface area (Å²) >= 11 is 6.14. The Kier molecular flexibility index (Phi) is 11.3. The number of halogens is 2. The molecule has 220 valence electrons. The van der Waals surface area contributed by atoms with E-state index in [-0.39, 0.29) is 55.8 Å². The van der Waals surface area contributed by atoms with Gasteiger partial charge in [0.15, 0.2) is 0 Å². The first-order chi connectivity index (χ1) is 19.4. The first-order valence-corrected chi connectivity index (χ1v) is 15.7. The normalized spacial score (nSPS) is 12.2. The first-order valence-electron chi connectivity index (χ1n) is 13.5. The number of hydrogen-bond donors (Lipinski definition) is 1. The molecule has 0 spiro atoms. The zero-order valence-electron chi connectivity index (χ0n) is 23.8. The molecule has 0 saturated heterocycles.